The predicted molar refractivity (Wildman–Crippen MR) is 97.2 cm³/mol. The zero-order valence-corrected chi connectivity index (χ0v) is 15.4. The quantitative estimate of drug-likeness (QED) is 0.741. The van der Waals surface area contributed by atoms with Crippen molar-refractivity contribution >= 4 is 6.21 Å². The minimum absolute atomic E-state index is 0.140. The van der Waals surface area contributed by atoms with Gasteiger partial charge in [-0.3, -0.25) is 0 Å². The van der Waals surface area contributed by atoms with Gasteiger partial charge in [-0.05, 0) is 49.7 Å². The van der Waals surface area contributed by atoms with E-state index in [1.165, 1.54) is 44.1 Å². The zero-order chi connectivity index (χ0) is 16.7. The van der Waals surface area contributed by atoms with Gasteiger partial charge in [0.1, 0.15) is 5.54 Å². The number of hydrazone groups is 1. The maximum absolute atomic E-state index is 6.54. The van der Waals surface area contributed by atoms with Crippen molar-refractivity contribution in [1.82, 2.24) is 5.17 Å². The van der Waals surface area contributed by atoms with Crippen molar-refractivity contribution in [1.29, 1.82) is 0 Å². The van der Waals surface area contributed by atoms with Crippen LogP contribution in [0, 0.1) is 11.8 Å². The summed E-state index contributed by atoms with van der Waals surface area (Å²) in [5.41, 5.74) is 1.35. The maximum Gasteiger partial charge on any atom is 0.208 e. The van der Waals surface area contributed by atoms with Gasteiger partial charge in [0.15, 0.2) is 11.8 Å². The van der Waals surface area contributed by atoms with E-state index in [0.29, 0.717) is 12.0 Å². The number of hydrazine groups is 1. The fraction of sp³-hybridized carbons (Fsp3) is 0.667. The van der Waals surface area contributed by atoms with E-state index in [-0.39, 0.29) is 5.54 Å². The van der Waals surface area contributed by atoms with E-state index < -0.39 is 0 Å². The third-order valence-electron chi connectivity index (χ3n) is 6.90. The third kappa shape index (κ3) is 2.35. The highest BCUT2D eigenvalue weighted by molar-refractivity contribution is 5.80. The van der Waals surface area contributed by atoms with Crippen molar-refractivity contribution in [3.63, 3.8) is 0 Å². The standard InChI is InChI=1S/C21H31N2O/c1-4-21(14-16(2)17(21)3)23-22(19-11-6-5-7-12-19)15-18-10-8-9-13-20(18)24-23/h8-10,13,15-17,19H,4-7,11-12,14H2,1-3H3/q+1. The average Bonchev–Trinajstić information content (AvgIpc) is 2.65. The van der Waals surface area contributed by atoms with Crippen LogP contribution >= 0.6 is 0 Å². The van der Waals surface area contributed by atoms with E-state index in [1.54, 1.807) is 0 Å². The maximum atomic E-state index is 6.54. The van der Waals surface area contributed by atoms with Crippen molar-refractivity contribution in [2.75, 3.05) is 0 Å². The summed E-state index contributed by atoms with van der Waals surface area (Å²) in [4.78, 5) is 6.54. The van der Waals surface area contributed by atoms with Crippen LogP contribution in [0.2, 0.25) is 0 Å². The largest absolute Gasteiger partial charge is 0.331 e. The molecule has 0 radical (unpaired) electrons. The summed E-state index contributed by atoms with van der Waals surface area (Å²) in [5, 5.41) is 2.29. The summed E-state index contributed by atoms with van der Waals surface area (Å²) in [6.45, 7) is 7.11. The Hall–Kier alpha value is -1.51. The smallest absolute Gasteiger partial charge is 0.208 e. The molecule has 3 nitrogen and oxygen atoms in total. The summed E-state index contributed by atoms with van der Waals surface area (Å²) in [6, 6.07) is 9.05. The van der Waals surface area contributed by atoms with Gasteiger partial charge in [0.05, 0.1) is 5.56 Å². The molecule has 0 amide bonds. The van der Waals surface area contributed by atoms with Crippen LogP contribution in [0.4, 0.5) is 0 Å². The molecule has 1 aromatic carbocycles. The Morgan fingerprint density at radius 2 is 1.92 bits per heavy atom. The minimum atomic E-state index is 0.140. The van der Waals surface area contributed by atoms with Crippen molar-refractivity contribution in [2.24, 2.45) is 11.8 Å². The van der Waals surface area contributed by atoms with Gasteiger partial charge in [-0.2, -0.15) is 0 Å². The number of hydroxylamine groups is 1. The molecule has 0 bridgehead atoms. The highest BCUT2D eigenvalue weighted by Gasteiger charge is 2.59. The molecule has 3 heteroatoms. The fourth-order valence-corrected chi connectivity index (χ4v) is 5.07. The lowest BCUT2D eigenvalue weighted by Crippen LogP contribution is -2.68. The van der Waals surface area contributed by atoms with E-state index in [0.717, 1.165) is 18.1 Å². The number of para-hydroxylation sites is 1. The summed E-state index contributed by atoms with van der Waals surface area (Å²) < 4.78 is 2.47. The van der Waals surface area contributed by atoms with Gasteiger partial charge in [0.2, 0.25) is 6.21 Å². The normalized spacial score (nSPS) is 33.3. The molecule has 0 spiro atoms. The van der Waals surface area contributed by atoms with Crippen LogP contribution in [0.15, 0.2) is 24.3 Å². The van der Waals surface area contributed by atoms with Crippen LogP contribution in [0.5, 0.6) is 5.75 Å². The molecule has 3 aliphatic rings. The van der Waals surface area contributed by atoms with Crippen LogP contribution in [-0.4, -0.2) is 27.7 Å². The van der Waals surface area contributed by atoms with E-state index in [1.807, 2.05) is 0 Å². The summed E-state index contributed by atoms with van der Waals surface area (Å²) in [6.07, 6.45) is 11.3. The number of fused-ring (bicyclic) bond motifs is 1. The van der Waals surface area contributed by atoms with Crippen molar-refractivity contribution in [2.45, 2.75) is 77.3 Å². The van der Waals surface area contributed by atoms with E-state index >= 15 is 0 Å². The number of nitrogens with zero attached hydrogens (tertiary/aromatic N) is 2. The molecule has 1 heterocycles. The molecule has 0 saturated heterocycles. The van der Waals surface area contributed by atoms with Crippen LogP contribution in [-0.2, 0) is 0 Å². The van der Waals surface area contributed by atoms with Gasteiger partial charge >= 0.3 is 0 Å². The molecule has 2 saturated carbocycles. The molecular formula is C21H31N2O+. The van der Waals surface area contributed by atoms with Crippen LogP contribution in [0.1, 0.15) is 71.3 Å². The van der Waals surface area contributed by atoms with E-state index in [4.69, 9.17) is 4.84 Å². The Labute approximate surface area is 146 Å². The first-order valence-electron chi connectivity index (χ1n) is 9.86. The Kier molecular flexibility index (Phi) is 4.06. The Morgan fingerprint density at radius 1 is 1.17 bits per heavy atom. The number of rotatable bonds is 3. The Balaban J connectivity index is 1.74. The lowest BCUT2D eigenvalue weighted by atomic mass is 9.59. The molecule has 0 aromatic heterocycles. The summed E-state index contributed by atoms with van der Waals surface area (Å²) >= 11 is 0. The number of hydrogen-bond donors (Lipinski definition) is 0. The molecule has 4 rings (SSSR count). The first kappa shape index (κ1) is 16.0. The van der Waals surface area contributed by atoms with E-state index in [9.17, 15) is 0 Å². The molecule has 3 atom stereocenters. The SMILES string of the molecule is CCC1(N2Oc3ccccc3C=[N+]2C2CCCCC2)CC(C)C1C. The Bertz CT molecular complexity index is 634. The third-order valence-corrected chi connectivity index (χ3v) is 6.90. The second-order valence-corrected chi connectivity index (χ2v) is 8.13. The fourth-order valence-electron chi connectivity index (χ4n) is 5.07. The van der Waals surface area contributed by atoms with Crippen molar-refractivity contribution in [3.05, 3.63) is 29.8 Å². The van der Waals surface area contributed by atoms with Crippen LogP contribution < -0.4 is 4.84 Å². The van der Waals surface area contributed by atoms with Gasteiger partial charge in [-0.25, -0.2) is 0 Å². The van der Waals surface area contributed by atoms with Gasteiger partial charge in [-0.1, -0.05) is 44.0 Å². The molecule has 3 unspecified atom stereocenters. The molecule has 2 aliphatic carbocycles. The minimum Gasteiger partial charge on any atom is -0.331 e. The van der Waals surface area contributed by atoms with Gasteiger partial charge < -0.3 is 4.84 Å². The molecule has 1 aliphatic heterocycles. The van der Waals surface area contributed by atoms with Gasteiger partial charge in [-0.15, -0.1) is 0 Å². The monoisotopic (exact) mass is 327 g/mol. The van der Waals surface area contributed by atoms with Crippen LogP contribution in [0.3, 0.4) is 0 Å². The second-order valence-electron chi connectivity index (χ2n) is 8.13. The zero-order valence-electron chi connectivity index (χ0n) is 15.4. The molecule has 130 valence electrons. The van der Waals surface area contributed by atoms with Gasteiger partial charge in [0.25, 0.3) is 0 Å². The second kappa shape index (κ2) is 6.09. The number of benzene rings is 1. The Morgan fingerprint density at radius 3 is 2.58 bits per heavy atom. The predicted octanol–water partition coefficient (Wildman–Crippen LogP) is 4.80. The first-order valence-corrected chi connectivity index (χ1v) is 9.86. The first-order chi connectivity index (χ1) is 11.7. The van der Waals surface area contributed by atoms with E-state index in [2.05, 4.69) is 61.1 Å². The van der Waals surface area contributed by atoms with Crippen molar-refractivity contribution in [3.8, 4) is 5.75 Å². The summed E-state index contributed by atoms with van der Waals surface area (Å²) in [5.74, 6) is 2.44. The van der Waals surface area contributed by atoms with Gasteiger partial charge in [0, 0.05) is 18.0 Å². The lowest BCUT2D eigenvalue weighted by molar-refractivity contribution is -0.795. The molecule has 0 N–H and O–H groups in total. The lowest BCUT2D eigenvalue weighted by Gasteiger charge is -2.55. The molecular weight excluding hydrogens is 296 g/mol. The topological polar surface area (TPSA) is 15.5 Å². The van der Waals surface area contributed by atoms with Crippen molar-refractivity contribution < 1.29 is 9.52 Å². The molecule has 24 heavy (non-hydrogen) atoms. The van der Waals surface area contributed by atoms with Crippen LogP contribution in [0.25, 0.3) is 0 Å². The number of hydrogen-bond acceptors (Lipinski definition) is 2. The molecule has 2 fully saturated rings. The highest BCUT2D eigenvalue weighted by atomic mass is 16.7. The highest BCUT2D eigenvalue weighted by Crippen LogP contribution is 2.51. The summed E-state index contributed by atoms with van der Waals surface area (Å²) in [7, 11) is 0. The molecule has 1 aromatic rings. The average molecular weight is 327 g/mol.